The van der Waals surface area contributed by atoms with Gasteiger partial charge in [0.15, 0.2) is 0 Å². The van der Waals surface area contributed by atoms with Gasteiger partial charge < -0.3 is 4.90 Å². The molecule has 0 aromatic carbocycles. The molecule has 1 fully saturated rings. The van der Waals surface area contributed by atoms with Crippen molar-refractivity contribution < 1.29 is 4.79 Å². The van der Waals surface area contributed by atoms with Gasteiger partial charge >= 0.3 is 0 Å². The summed E-state index contributed by atoms with van der Waals surface area (Å²) >= 11 is 0. The number of hydrogen-bond acceptors (Lipinski definition) is 3. The molecule has 1 aromatic heterocycles. The molecule has 0 saturated carbocycles. The van der Waals surface area contributed by atoms with Gasteiger partial charge in [0.05, 0.1) is 6.04 Å². The Labute approximate surface area is 105 Å². The Morgan fingerprint density at radius 1 is 1.72 bits per heavy atom. The molecule has 2 atom stereocenters. The first-order chi connectivity index (χ1) is 8.72. The Balaban J connectivity index is 2.05. The molecule has 0 aliphatic carbocycles. The fraction of sp³-hybridized carbons (Fsp3) is 0.500. The van der Waals surface area contributed by atoms with Crippen LogP contribution in [0.15, 0.2) is 29.6 Å². The number of hydrogen-bond donors (Lipinski definition) is 0. The minimum atomic E-state index is 0.0160. The van der Waals surface area contributed by atoms with Crippen molar-refractivity contribution in [2.24, 2.45) is 11.0 Å². The summed E-state index contributed by atoms with van der Waals surface area (Å²) < 4.78 is 0. The largest absolute Gasteiger partial charge is 0.336 e. The number of pyridine rings is 1. The van der Waals surface area contributed by atoms with Crippen molar-refractivity contribution in [1.82, 2.24) is 9.88 Å². The molecule has 6 nitrogen and oxygen atoms in total. The van der Waals surface area contributed by atoms with E-state index in [0.29, 0.717) is 19.5 Å². The molecule has 2 unspecified atom stereocenters. The van der Waals surface area contributed by atoms with E-state index in [9.17, 15) is 4.79 Å². The molecule has 1 aliphatic rings. The van der Waals surface area contributed by atoms with Gasteiger partial charge in [0.1, 0.15) is 0 Å². The number of amides is 1. The SMILES string of the molecule is CC(c1cccnc1)N1CC(CN=[N+]=[N-])CC1=O. The van der Waals surface area contributed by atoms with Crippen molar-refractivity contribution in [2.75, 3.05) is 13.1 Å². The summed E-state index contributed by atoms with van der Waals surface area (Å²) in [5, 5.41) is 3.54. The summed E-state index contributed by atoms with van der Waals surface area (Å²) in [7, 11) is 0. The van der Waals surface area contributed by atoms with Crippen LogP contribution in [0.4, 0.5) is 0 Å². The standard InChI is InChI=1S/C12H15N5O/c1-9(11-3-2-4-14-7-11)17-8-10(5-12(17)18)6-15-16-13/h2-4,7,9-10H,5-6,8H2,1H3. The van der Waals surface area contributed by atoms with E-state index < -0.39 is 0 Å². The van der Waals surface area contributed by atoms with Crippen molar-refractivity contribution in [3.8, 4) is 0 Å². The lowest BCUT2D eigenvalue weighted by Gasteiger charge is -2.24. The summed E-state index contributed by atoms with van der Waals surface area (Å²) in [6.45, 7) is 3.03. The van der Waals surface area contributed by atoms with Crippen molar-refractivity contribution in [1.29, 1.82) is 0 Å². The Morgan fingerprint density at radius 3 is 3.22 bits per heavy atom. The minimum absolute atomic E-state index is 0.0160. The van der Waals surface area contributed by atoms with Crippen LogP contribution in [0, 0.1) is 5.92 Å². The first kappa shape index (κ1) is 12.4. The Hall–Kier alpha value is -2.07. The number of carbonyl (C=O) groups is 1. The molecule has 2 heterocycles. The molecular formula is C12H15N5O. The van der Waals surface area contributed by atoms with Crippen LogP contribution in [0.3, 0.4) is 0 Å². The van der Waals surface area contributed by atoms with Crippen molar-refractivity contribution >= 4 is 5.91 Å². The van der Waals surface area contributed by atoms with Crippen LogP contribution < -0.4 is 0 Å². The van der Waals surface area contributed by atoms with Crippen LogP contribution >= 0.6 is 0 Å². The smallest absolute Gasteiger partial charge is 0.223 e. The number of azide groups is 1. The third-order valence-corrected chi connectivity index (χ3v) is 3.28. The molecule has 1 aromatic rings. The zero-order chi connectivity index (χ0) is 13.0. The number of aromatic nitrogens is 1. The van der Waals surface area contributed by atoms with E-state index in [-0.39, 0.29) is 17.9 Å². The van der Waals surface area contributed by atoms with E-state index in [1.165, 1.54) is 0 Å². The number of rotatable bonds is 4. The van der Waals surface area contributed by atoms with E-state index >= 15 is 0 Å². The molecule has 1 saturated heterocycles. The first-order valence-electron chi connectivity index (χ1n) is 5.92. The highest BCUT2D eigenvalue weighted by molar-refractivity contribution is 5.79. The van der Waals surface area contributed by atoms with E-state index in [1.54, 1.807) is 12.4 Å². The molecule has 6 heteroatoms. The molecule has 18 heavy (non-hydrogen) atoms. The second-order valence-corrected chi connectivity index (χ2v) is 4.49. The molecule has 94 valence electrons. The predicted octanol–water partition coefficient (Wildman–Crippen LogP) is 2.30. The second-order valence-electron chi connectivity index (χ2n) is 4.49. The highest BCUT2D eigenvalue weighted by Crippen LogP contribution is 2.28. The summed E-state index contributed by atoms with van der Waals surface area (Å²) in [5.41, 5.74) is 9.32. The van der Waals surface area contributed by atoms with Crippen LogP contribution in [-0.2, 0) is 4.79 Å². The average molecular weight is 245 g/mol. The third-order valence-electron chi connectivity index (χ3n) is 3.28. The molecule has 0 N–H and O–H groups in total. The number of likely N-dealkylation sites (tertiary alicyclic amines) is 1. The normalized spacial score (nSPS) is 20.6. The maximum atomic E-state index is 11.9. The topological polar surface area (TPSA) is 82.0 Å². The van der Waals surface area contributed by atoms with Crippen molar-refractivity contribution in [2.45, 2.75) is 19.4 Å². The van der Waals surface area contributed by atoms with Gasteiger partial charge in [-0.2, -0.15) is 0 Å². The van der Waals surface area contributed by atoms with Gasteiger partial charge in [0.25, 0.3) is 0 Å². The van der Waals surface area contributed by atoms with E-state index in [4.69, 9.17) is 5.53 Å². The van der Waals surface area contributed by atoms with Gasteiger partial charge in [0, 0.05) is 36.8 Å². The highest BCUT2D eigenvalue weighted by Gasteiger charge is 2.32. The minimum Gasteiger partial charge on any atom is -0.336 e. The average Bonchev–Trinajstić information content (AvgIpc) is 2.78. The van der Waals surface area contributed by atoms with Crippen molar-refractivity contribution in [3.05, 3.63) is 40.5 Å². The Kier molecular flexibility index (Phi) is 3.79. The lowest BCUT2D eigenvalue weighted by Crippen LogP contribution is -2.28. The molecule has 1 amide bonds. The van der Waals surface area contributed by atoms with E-state index in [0.717, 1.165) is 5.56 Å². The summed E-state index contributed by atoms with van der Waals surface area (Å²) in [5.74, 6) is 0.247. The predicted molar refractivity (Wildman–Crippen MR) is 66.5 cm³/mol. The lowest BCUT2D eigenvalue weighted by molar-refractivity contribution is -0.129. The highest BCUT2D eigenvalue weighted by atomic mass is 16.2. The van der Waals surface area contributed by atoms with Gasteiger partial charge in [-0.25, -0.2) is 0 Å². The van der Waals surface area contributed by atoms with Crippen molar-refractivity contribution in [3.63, 3.8) is 0 Å². The Bertz CT molecular complexity index is 469. The monoisotopic (exact) mass is 245 g/mol. The zero-order valence-corrected chi connectivity index (χ0v) is 10.2. The van der Waals surface area contributed by atoms with Crippen LogP contribution in [0.25, 0.3) is 10.4 Å². The molecule has 0 radical (unpaired) electrons. The van der Waals surface area contributed by atoms with Crippen LogP contribution in [-0.4, -0.2) is 28.9 Å². The fourth-order valence-electron chi connectivity index (χ4n) is 2.26. The van der Waals surface area contributed by atoms with E-state index in [2.05, 4.69) is 15.0 Å². The fourth-order valence-corrected chi connectivity index (χ4v) is 2.26. The maximum absolute atomic E-state index is 11.9. The van der Waals surface area contributed by atoms with Gasteiger partial charge in [-0.05, 0) is 30.0 Å². The lowest BCUT2D eigenvalue weighted by atomic mass is 10.1. The molecule has 1 aliphatic heterocycles. The molecular weight excluding hydrogens is 230 g/mol. The summed E-state index contributed by atoms with van der Waals surface area (Å²) in [4.78, 5) is 20.6. The first-order valence-corrected chi connectivity index (χ1v) is 5.92. The summed E-state index contributed by atoms with van der Waals surface area (Å²) in [6, 6.07) is 3.84. The summed E-state index contributed by atoms with van der Waals surface area (Å²) in [6.07, 6.45) is 3.95. The van der Waals surface area contributed by atoms with Crippen LogP contribution in [0.2, 0.25) is 0 Å². The van der Waals surface area contributed by atoms with Gasteiger partial charge in [0.2, 0.25) is 5.91 Å². The van der Waals surface area contributed by atoms with Crippen LogP contribution in [0.1, 0.15) is 24.9 Å². The quantitative estimate of drug-likeness (QED) is 0.463. The third kappa shape index (κ3) is 2.60. The number of nitrogens with zero attached hydrogens (tertiary/aromatic N) is 5. The molecule has 2 rings (SSSR count). The van der Waals surface area contributed by atoms with E-state index in [1.807, 2.05) is 24.0 Å². The van der Waals surface area contributed by atoms with Gasteiger partial charge in [-0.3, -0.25) is 9.78 Å². The Morgan fingerprint density at radius 2 is 2.56 bits per heavy atom. The number of carbonyl (C=O) groups excluding carboxylic acids is 1. The maximum Gasteiger partial charge on any atom is 0.223 e. The van der Waals surface area contributed by atoms with Crippen LogP contribution in [0.5, 0.6) is 0 Å². The second kappa shape index (κ2) is 5.51. The van der Waals surface area contributed by atoms with Gasteiger partial charge in [-0.15, -0.1) is 0 Å². The van der Waals surface area contributed by atoms with Gasteiger partial charge in [-0.1, -0.05) is 11.2 Å². The zero-order valence-electron chi connectivity index (χ0n) is 10.2. The molecule has 0 bridgehead atoms. The molecule has 0 spiro atoms.